The van der Waals surface area contributed by atoms with Crippen molar-refractivity contribution in [3.8, 4) is 0 Å². The molecule has 19 heavy (non-hydrogen) atoms. The summed E-state index contributed by atoms with van der Waals surface area (Å²) in [6.07, 6.45) is 1.26. The van der Waals surface area contributed by atoms with Crippen LogP contribution in [0.1, 0.15) is 30.3 Å². The highest BCUT2D eigenvalue weighted by molar-refractivity contribution is 7.80. The van der Waals surface area contributed by atoms with E-state index >= 15 is 0 Å². The van der Waals surface area contributed by atoms with E-state index in [1.54, 1.807) is 6.07 Å². The molecule has 0 aliphatic heterocycles. The summed E-state index contributed by atoms with van der Waals surface area (Å²) in [6.45, 7) is 1.97. The van der Waals surface area contributed by atoms with Crippen LogP contribution in [0.15, 0.2) is 34.7 Å². The van der Waals surface area contributed by atoms with E-state index in [4.69, 9.17) is 22.4 Å². The monoisotopic (exact) mass is 276 g/mol. The van der Waals surface area contributed by atoms with Gasteiger partial charge in [-0.1, -0.05) is 37.3 Å². The summed E-state index contributed by atoms with van der Waals surface area (Å²) in [5.41, 5.74) is 6.21. The van der Waals surface area contributed by atoms with Crippen molar-refractivity contribution < 1.29 is 9.21 Å². The van der Waals surface area contributed by atoms with E-state index in [1.165, 1.54) is 0 Å². The maximum atomic E-state index is 12.1. The number of amides is 1. The van der Waals surface area contributed by atoms with E-state index < -0.39 is 0 Å². The van der Waals surface area contributed by atoms with Crippen LogP contribution in [0.4, 0.5) is 0 Å². The molecule has 0 radical (unpaired) electrons. The Morgan fingerprint density at radius 2 is 2.21 bits per heavy atom. The highest BCUT2D eigenvalue weighted by Gasteiger charge is 2.16. The fraction of sp³-hybridized carbons (Fsp3) is 0.286. The molecule has 1 amide bonds. The molecule has 1 aromatic heterocycles. The van der Waals surface area contributed by atoms with E-state index in [1.807, 2.05) is 31.2 Å². The molecule has 1 aromatic carbocycles. The van der Waals surface area contributed by atoms with Gasteiger partial charge in [0.2, 0.25) is 0 Å². The zero-order valence-electron chi connectivity index (χ0n) is 10.7. The third kappa shape index (κ3) is 3.32. The number of hydrogen-bond donors (Lipinski definition) is 2. The molecule has 1 unspecified atom stereocenters. The number of carbonyl (C=O) groups is 1. The smallest absolute Gasteiger partial charge is 0.287 e. The molecule has 0 saturated heterocycles. The largest absolute Gasteiger partial charge is 0.451 e. The summed E-state index contributed by atoms with van der Waals surface area (Å²) >= 11 is 4.86. The lowest BCUT2D eigenvalue weighted by atomic mass is 10.1. The summed E-state index contributed by atoms with van der Waals surface area (Å²) in [5, 5.41) is 3.79. The predicted octanol–water partition coefficient (Wildman–Crippen LogP) is 2.62. The Bertz CT molecular complexity index is 573. The molecule has 0 bridgehead atoms. The zero-order valence-corrected chi connectivity index (χ0v) is 11.5. The third-order valence-electron chi connectivity index (χ3n) is 2.92. The number of para-hydroxylation sites is 1. The lowest BCUT2D eigenvalue weighted by molar-refractivity contribution is 0.0911. The number of fused-ring (bicyclic) bond motifs is 1. The zero-order chi connectivity index (χ0) is 13.8. The molecule has 0 aliphatic rings. The Kier molecular flexibility index (Phi) is 4.16. The van der Waals surface area contributed by atoms with Crippen LogP contribution in [0.5, 0.6) is 0 Å². The lowest BCUT2D eigenvalue weighted by Gasteiger charge is -2.14. The second-order valence-electron chi connectivity index (χ2n) is 4.40. The second-order valence-corrected chi connectivity index (χ2v) is 4.92. The van der Waals surface area contributed by atoms with Crippen LogP contribution in [0.3, 0.4) is 0 Å². The highest BCUT2D eigenvalue weighted by Crippen LogP contribution is 2.18. The molecule has 0 aliphatic carbocycles. The Morgan fingerprint density at radius 1 is 1.47 bits per heavy atom. The van der Waals surface area contributed by atoms with Gasteiger partial charge in [-0.05, 0) is 18.6 Å². The normalized spacial score (nSPS) is 12.3. The van der Waals surface area contributed by atoms with Crippen molar-refractivity contribution in [2.45, 2.75) is 25.8 Å². The van der Waals surface area contributed by atoms with Crippen LogP contribution in [0.2, 0.25) is 0 Å². The number of furan rings is 1. The van der Waals surface area contributed by atoms with Gasteiger partial charge in [0, 0.05) is 17.8 Å². The van der Waals surface area contributed by atoms with E-state index in [0.717, 1.165) is 11.8 Å². The molecule has 4 nitrogen and oxygen atoms in total. The quantitative estimate of drug-likeness (QED) is 0.824. The molecule has 0 spiro atoms. The average molecular weight is 276 g/mol. The number of rotatable bonds is 5. The number of nitrogens with two attached hydrogens (primary N) is 1. The highest BCUT2D eigenvalue weighted by atomic mass is 32.1. The van der Waals surface area contributed by atoms with Crippen molar-refractivity contribution in [3.63, 3.8) is 0 Å². The van der Waals surface area contributed by atoms with Crippen LogP contribution in [0, 0.1) is 0 Å². The summed E-state index contributed by atoms with van der Waals surface area (Å²) in [4.78, 5) is 12.5. The Balaban J connectivity index is 2.12. The van der Waals surface area contributed by atoms with Crippen molar-refractivity contribution in [1.29, 1.82) is 0 Å². The molecule has 1 atom stereocenters. The molecule has 0 fully saturated rings. The molecule has 0 saturated carbocycles. The first-order chi connectivity index (χ1) is 9.10. The molecule has 2 rings (SSSR count). The minimum Gasteiger partial charge on any atom is -0.451 e. The van der Waals surface area contributed by atoms with Crippen LogP contribution in [-0.4, -0.2) is 16.9 Å². The molecule has 1 heterocycles. The number of thiocarbonyl (C=S) groups is 1. The number of benzene rings is 1. The van der Waals surface area contributed by atoms with Gasteiger partial charge in [-0.2, -0.15) is 0 Å². The minimum absolute atomic E-state index is 0.0572. The van der Waals surface area contributed by atoms with Gasteiger partial charge >= 0.3 is 0 Å². The third-order valence-corrected chi connectivity index (χ3v) is 3.09. The number of hydrogen-bond acceptors (Lipinski definition) is 3. The van der Waals surface area contributed by atoms with Crippen LogP contribution in [-0.2, 0) is 0 Å². The summed E-state index contributed by atoms with van der Waals surface area (Å²) < 4.78 is 5.50. The SMILES string of the molecule is CCC(CC(N)=S)NC(=O)c1cc2ccccc2o1. The van der Waals surface area contributed by atoms with Gasteiger partial charge in [-0.3, -0.25) is 4.79 Å². The van der Waals surface area contributed by atoms with Crippen LogP contribution >= 0.6 is 12.2 Å². The van der Waals surface area contributed by atoms with Gasteiger partial charge in [0.15, 0.2) is 5.76 Å². The summed E-state index contributed by atoms with van der Waals surface area (Å²) in [7, 11) is 0. The molecular formula is C14H16N2O2S. The molecule has 2 aromatic rings. The Hall–Kier alpha value is -1.88. The van der Waals surface area contributed by atoms with Gasteiger partial charge < -0.3 is 15.5 Å². The molecular weight excluding hydrogens is 260 g/mol. The van der Waals surface area contributed by atoms with E-state index in [0.29, 0.717) is 22.8 Å². The minimum atomic E-state index is -0.237. The van der Waals surface area contributed by atoms with E-state index in [-0.39, 0.29) is 11.9 Å². The fourth-order valence-electron chi connectivity index (χ4n) is 1.89. The second kappa shape index (κ2) is 5.84. The molecule has 100 valence electrons. The average Bonchev–Trinajstić information content (AvgIpc) is 2.81. The van der Waals surface area contributed by atoms with Crippen LogP contribution in [0.25, 0.3) is 11.0 Å². The van der Waals surface area contributed by atoms with E-state index in [9.17, 15) is 4.79 Å². The van der Waals surface area contributed by atoms with Crippen molar-refractivity contribution in [3.05, 3.63) is 36.1 Å². The van der Waals surface area contributed by atoms with Crippen molar-refractivity contribution in [1.82, 2.24) is 5.32 Å². The van der Waals surface area contributed by atoms with Crippen molar-refractivity contribution in [2.75, 3.05) is 0 Å². The maximum Gasteiger partial charge on any atom is 0.287 e. The topological polar surface area (TPSA) is 68.3 Å². The lowest BCUT2D eigenvalue weighted by Crippen LogP contribution is -2.36. The summed E-state index contributed by atoms with van der Waals surface area (Å²) in [5.74, 6) is 0.0712. The van der Waals surface area contributed by atoms with E-state index in [2.05, 4.69) is 5.32 Å². The van der Waals surface area contributed by atoms with Crippen LogP contribution < -0.4 is 11.1 Å². The molecule has 5 heteroatoms. The fourth-order valence-corrected chi connectivity index (χ4v) is 2.09. The van der Waals surface area contributed by atoms with Gasteiger partial charge in [0.25, 0.3) is 5.91 Å². The molecule has 3 N–H and O–H groups in total. The van der Waals surface area contributed by atoms with Gasteiger partial charge in [0.1, 0.15) is 5.58 Å². The van der Waals surface area contributed by atoms with Crippen molar-refractivity contribution in [2.24, 2.45) is 5.73 Å². The van der Waals surface area contributed by atoms with Gasteiger partial charge in [-0.15, -0.1) is 0 Å². The van der Waals surface area contributed by atoms with Gasteiger partial charge in [-0.25, -0.2) is 0 Å². The maximum absolute atomic E-state index is 12.1. The number of nitrogens with one attached hydrogen (secondary N) is 1. The standard InChI is InChI=1S/C14H16N2O2S/c1-2-10(8-13(15)19)16-14(17)12-7-9-5-3-4-6-11(9)18-12/h3-7,10H,2,8H2,1H3,(H2,15,19)(H,16,17). The van der Waals surface area contributed by atoms with Gasteiger partial charge in [0.05, 0.1) is 4.99 Å². The predicted molar refractivity (Wildman–Crippen MR) is 79.2 cm³/mol. The first kappa shape index (κ1) is 13.5. The summed E-state index contributed by atoms with van der Waals surface area (Å²) in [6, 6.07) is 9.19. The first-order valence-electron chi connectivity index (χ1n) is 6.18. The first-order valence-corrected chi connectivity index (χ1v) is 6.58. The van der Waals surface area contributed by atoms with Crippen molar-refractivity contribution >= 4 is 34.1 Å². The Labute approximate surface area is 117 Å². The Morgan fingerprint density at radius 3 is 2.84 bits per heavy atom. The number of carbonyl (C=O) groups excluding carboxylic acids is 1.